The molecule has 3 rings (SSSR count). The van der Waals surface area contributed by atoms with Crippen molar-refractivity contribution in [3.8, 4) is 0 Å². The molecular weight excluding hydrogens is 470 g/mol. The van der Waals surface area contributed by atoms with Gasteiger partial charge in [-0.2, -0.15) is 0 Å². The van der Waals surface area contributed by atoms with Gasteiger partial charge in [0.2, 0.25) is 5.91 Å². The lowest BCUT2D eigenvalue weighted by Crippen LogP contribution is -2.45. The number of ether oxygens (including phenoxy) is 3. The predicted octanol–water partition coefficient (Wildman–Crippen LogP) is 5.56. The van der Waals surface area contributed by atoms with E-state index in [4.69, 9.17) is 14.2 Å². The first-order chi connectivity index (χ1) is 17.4. The molecule has 2 aromatic rings. The number of rotatable bonds is 11. The van der Waals surface area contributed by atoms with E-state index < -0.39 is 40.9 Å². The highest BCUT2D eigenvalue weighted by molar-refractivity contribution is 5.96. The molecule has 1 unspecified atom stereocenters. The van der Waals surface area contributed by atoms with Crippen LogP contribution in [-0.2, 0) is 36.8 Å². The highest BCUT2D eigenvalue weighted by Gasteiger charge is 2.43. The molecule has 2 amide bonds. The fourth-order valence-electron chi connectivity index (χ4n) is 4.54. The molecule has 1 heterocycles. The van der Waals surface area contributed by atoms with Gasteiger partial charge in [-0.3, -0.25) is 9.59 Å². The summed E-state index contributed by atoms with van der Waals surface area (Å²) in [6.07, 6.45) is 0.0428. The van der Waals surface area contributed by atoms with Crippen LogP contribution in [0.1, 0.15) is 58.6 Å². The van der Waals surface area contributed by atoms with E-state index in [9.17, 15) is 14.4 Å². The van der Waals surface area contributed by atoms with E-state index in [1.165, 1.54) is 4.90 Å². The molecule has 0 aromatic heterocycles. The molecule has 2 atom stereocenters. The normalized spacial score (nSPS) is 16.8. The summed E-state index contributed by atoms with van der Waals surface area (Å²) in [4.78, 5) is 40.5. The fourth-order valence-corrected chi connectivity index (χ4v) is 4.54. The second kappa shape index (κ2) is 12.4. The van der Waals surface area contributed by atoms with Crippen LogP contribution in [0.2, 0.25) is 0 Å². The van der Waals surface area contributed by atoms with Gasteiger partial charge in [0.25, 0.3) is 0 Å². The number of hydrogen-bond acceptors (Lipinski definition) is 6. The third-order valence-corrected chi connectivity index (χ3v) is 6.10. The smallest absolute Gasteiger partial charge is 0.416 e. The van der Waals surface area contributed by atoms with Gasteiger partial charge in [0.1, 0.15) is 12.2 Å². The average molecular weight is 510 g/mol. The minimum Gasteiger partial charge on any atom is -0.460 e. The summed E-state index contributed by atoms with van der Waals surface area (Å²) in [5, 5.41) is 0. The predicted molar refractivity (Wildman–Crippen MR) is 141 cm³/mol. The third kappa shape index (κ3) is 9.01. The molecule has 2 aromatic carbocycles. The molecule has 0 spiro atoms. The van der Waals surface area contributed by atoms with E-state index in [2.05, 4.69) is 0 Å². The molecule has 1 aliphatic heterocycles. The molecule has 0 bridgehead atoms. The minimum atomic E-state index is -0.755. The maximum Gasteiger partial charge on any atom is 0.416 e. The van der Waals surface area contributed by atoms with E-state index in [1.54, 1.807) is 20.8 Å². The van der Waals surface area contributed by atoms with Gasteiger partial charge in [0, 0.05) is 5.92 Å². The molecule has 7 heteroatoms. The van der Waals surface area contributed by atoms with Crippen LogP contribution < -0.4 is 0 Å². The first kappa shape index (κ1) is 28.4. The number of esters is 1. The standard InChI is InChI=1S/C30H39NO6/c1-29(2,3)37-26(32)17-24(18-30(4,5)21-35-19-23-14-10-7-11-15-23)27(33)31-25(20-36-28(31)34)16-22-12-8-6-9-13-22/h6-15,24-25H,16-21H2,1-5H3/t24?,25-/m1/s1. The Balaban J connectivity index is 1.74. The van der Waals surface area contributed by atoms with Crippen LogP contribution in [0, 0.1) is 11.3 Å². The van der Waals surface area contributed by atoms with Crippen LogP contribution in [0.25, 0.3) is 0 Å². The number of hydrogen-bond donors (Lipinski definition) is 0. The second-order valence-electron chi connectivity index (χ2n) is 11.5. The van der Waals surface area contributed by atoms with Gasteiger partial charge in [-0.05, 0) is 50.2 Å². The Kier molecular flexibility index (Phi) is 9.49. The summed E-state index contributed by atoms with van der Waals surface area (Å²) in [5.74, 6) is -1.64. The Hall–Kier alpha value is -3.19. The van der Waals surface area contributed by atoms with Crippen molar-refractivity contribution in [2.75, 3.05) is 13.2 Å². The molecule has 0 N–H and O–H groups in total. The van der Waals surface area contributed by atoms with Crippen molar-refractivity contribution >= 4 is 18.0 Å². The molecule has 200 valence electrons. The van der Waals surface area contributed by atoms with Gasteiger partial charge in [-0.25, -0.2) is 9.69 Å². The van der Waals surface area contributed by atoms with Gasteiger partial charge in [-0.15, -0.1) is 0 Å². The van der Waals surface area contributed by atoms with Gasteiger partial charge in [0.15, 0.2) is 0 Å². The van der Waals surface area contributed by atoms with Crippen LogP contribution >= 0.6 is 0 Å². The quantitative estimate of drug-likeness (QED) is 0.369. The zero-order chi connectivity index (χ0) is 27.1. The lowest BCUT2D eigenvalue weighted by atomic mass is 9.81. The van der Waals surface area contributed by atoms with Crippen molar-refractivity contribution in [1.82, 2.24) is 4.90 Å². The summed E-state index contributed by atoms with van der Waals surface area (Å²) in [6, 6.07) is 19.1. The van der Waals surface area contributed by atoms with E-state index in [0.29, 0.717) is 26.1 Å². The zero-order valence-electron chi connectivity index (χ0n) is 22.6. The topological polar surface area (TPSA) is 82.1 Å². The van der Waals surface area contributed by atoms with Crippen LogP contribution in [0.5, 0.6) is 0 Å². The lowest BCUT2D eigenvalue weighted by molar-refractivity contribution is -0.159. The maximum atomic E-state index is 13.8. The van der Waals surface area contributed by atoms with Crippen LogP contribution in [0.3, 0.4) is 0 Å². The van der Waals surface area contributed by atoms with Gasteiger partial charge in [0.05, 0.1) is 25.7 Å². The Morgan fingerprint density at radius 1 is 0.973 bits per heavy atom. The number of benzene rings is 2. The van der Waals surface area contributed by atoms with Crippen molar-refractivity contribution in [2.45, 2.75) is 72.1 Å². The summed E-state index contributed by atoms with van der Waals surface area (Å²) >= 11 is 0. The van der Waals surface area contributed by atoms with Crippen molar-refractivity contribution in [2.24, 2.45) is 11.3 Å². The monoisotopic (exact) mass is 509 g/mol. The number of imide groups is 1. The molecule has 0 saturated carbocycles. The van der Waals surface area contributed by atoms with Crippen molar-refractivity contribution in [3.05, 3.63) is 71.8 Å². The third-order valence-electron chi connectivity index (χ3n) is 6.10. The van der Waals surface area contributed by atoms with Crippen molar-refractivity contribution in [1.29, 1.82) is 0 Å². The van der Waals surface area contributed by atoms with Gasteiger partial charge in [-0.1, -0.05) is 74.5 Å². The van der Waals surface area contributed by atoms with Crippen LogP contribution in [0.4, 0.5) is 4.79 Å². The molecule has 1 aliphatic rings. The number of cyclic esters (lactones) is 1. The Bertz CT molecular complexity index is 1040. The first-order valence-corrected chi connectivity index (χ1v) is 12.8. The Labute approximate surface area is 220 Å². The fraction of sp³-hybridized carbons (Fsp3) is 0.500. The average Bonchev–Trinajstić information content (AvgIpc) is 3.17. The molecule has 1 saturated heterocycles. The number of amides is 2. The van der Waals surface area contributed by atoms with Crippen LogP contribution in [0.15, 0.2) is 60.7 Å². The molecule has 0 radical (unpaired) electrons. The van der Waals surface area contributed by atoms with E-state index >= 15 is 0 Å². The lowest BCUT2D eigenvalue weighted by Gasteiger charge is -2.32. The molecule has 7 nitrogen and oxygen atoms in total. The molecule has 37 heavy (non-hydrogen) atoms. The summed E-state index contributed by atoms with van der Waals surface area (Å²) in [6.45, 7) is 10.3. The summed E-state index contributed by atoms with van der Waals surface area (Å²) < 4.78 is 16.8. The number of carbonyl (C=O) groups is 3. The Morgan fingerprint density at radius 3 is 2.16 bits per heavy atom. The summed E-state index contributed by atoms with van der Waals surface area (Å²) in [5.41, 5.74) is 0.946. The molecule has 0 aliphatic carbocycles. The summed E-state index contributed by atoms with van der Waals surface area (Å²) in [7, 11) is 0. The Morgan fingerprint density at radius 2 is 1.57 bits per heavy atom. The van der Waals surface area contributed by atoms with Gasteiger partial charge >= 0.3 is 12.1 Å². The number of carbonyl (C=O) groups excluding carboxylic acids is 3. The second-order valence-corrected chi connectivity index (χ2v) is 11.5. The minimum absolute atomic E-state index is 0.125. The first-order valence-electron chi connectivity index (χ1n) is 12.8. The SMILES string of the molecule is CC(C)(COCc1ccccc1)CC(CC(=O)OC(C)(C)C)C(=O)N1C(=O)OC[C@H]1Cc1ccccc1. The van der Waals surface area contributed by atoms with Crippen molar-refractivity contribution < 1.29 is 28.6 Å². The van der Waals surface area contributed by atoms with E-state index in [0.717, 1.165) is 11.1 Å². The van der Waals surface area contributed by atoms with Gasteiger partial charge < -0.3 is 14.2 Å². The molecular formula is C30H39NO6. The van der Waals surface area contributed by atoms with E-state index in [-0.39, 0.29) is 13.0 Å². The highest BCUT2D eigenvalue weighted by Crippen LogP contribution is 2.32. The van der Waals surface area contributed by atoms with Crippen molar-refractivity contribution in [3.63, 3.8) is 0 Å². The van der Waals surface area contributed by atoms with E-state index in [1.807, 2.05) is 74.5 Å². The molecule has 1 fully saturated rings. The maximum absolute atomic E-state index is 13.8. The number of nitrogens with zero attached hydrogens (tertiary/aromatic N) is 1. The van der Waals surface area contributed by atoms with Crippen LogP contribution in [-0.4, -0.2) is 47.7 Å². The highest BCUT2D eigenvalue weighted by atomic mass is 16.6. The largest absolute Gasteiger partial charge is 0.460 e. The zero-order valence-corrected chi connectivity index (χ0v) is 22.6.